The average molecular weight is 660 g/mol. The summed E-state index contributed by atoms with van der Waals surface area (Å²) >= 11 is 0. The van der Waals surface area contributed by atoms with Gasteiger partial charge in [-0.1, -0.05) is 60.4 Å². The Morgan fingerprint density at radius 3 is 2.10 bits per heavy atom. The molecule has 0 fully saturated rings. The zero-order valence-electron chi connectivity index (χ0n) is 28.0. The van der Waals surface area contributed by atoms with Gasteiger partial charge in [0.2, 0.25) is 0 Å². The molecule has 0 saturated heterocycles. The molecule has 0 bridgehead atoms. The Morgan fingerprint density at radius 2 is 1.42 bits per heavy atom. The minimum absolute atomic E-state index is 0.236. The quantitative estimate of drug-likeness (QED) is 0.104. The summed E-state index contributed by atoms with van der Waals surface area (Å²) in [5.74, 6) is 7.52. The highest BCUT2D eigenvalue weighted by Gasteiger charge is 2.14. The summed E-state index contributed by atoms with van der Waals surface area (Å²) in [5, 5.41) is 13.6. The molecular weight excluding hydrogens is 626 g/mol. The SMILES string of the molecule is COc1ccc2cc(C#Cc3ccc(-n4c(/C=C/c5ccc([N+](=O)[O-])o5)nc5ccccc5c4=O)c(C)c3)ccc2c1.Cc1ccccc1C. The van der Waals surface area contributed by atoms with Crippen molar-refractivity contribution in [3.8, 4) is 23.3 Å². The number of nitrogens with zero attached hydrogens (tertiary/aromatic N) is 3. The minimum atomic E-state index is -0.604. The van der Waals surface area contributed by atoms with E-state index in [4.69, 9.17) is 14.1 Å². The number of hydrogen-bond donors (Lipinski definition) is 0. The minimum Gasteiger partial charge on any atom is -0.497 e. The van der Waals surface area contributed by atoms with Crippen LogP contribution in [0, 0.1) is 42.7 Å². The molecule has 7 aromatic rings. The van der Waals surface area contributed by atoms with Crippen LogP contribution in [-0.2, 0) is 0 Å². The van der Waals surface area contributed by atoms with Crippen molar-refractivity contribution in [3.05, 3.63) is 175 Å². The number of rotatable bonds is 5. The predicted octanol–water partition coefficient (Wildman–Crippen LogP) is 9.23. The molecule has 7 rings (SSSR count). The molecule has 50 heavy (non-hydrogen) atoms. The first kappa shape index (κ1) is 33.2. The van der Waals surface area contributed by atoms with Crippen LogP contribution in [0.5, 0.6) is 5.75 Å². The molecule has 2 aromatic heterocycles. The molecule has 0 unspecified atom stereocenters. The third-order valence-corrected chi connectivity index (χ3v) is 8.25. The summed E-state index contributed by atoms with van der Waals surface area (Å²) in [4.78, 5) is 28.8. The summed E-state index contributed by atoms with van der Waals surface area (Å²) in [5.41, 5.74) is 6.20. The highest BCUT2D eigenvalue weighted by Crippen LogP contribution is 2.23. The van der Waals surface area contributed by atoms with Crippen LogP contribution in [0.2, 0.25) is 0 Å². The van der Waals surface area contributed by atoms with Crippen molar-refractivity contribution in [3.63, 3.8) is 0 Å². The number of para-hydroxylation sites is 1. The number of fused-ring (bicyclic) bond motifs is 2. The highest BCUT2D eigenvalue weighted by molar-refractivity contribution is 5.85. The van der Waals surface area contributed by atoms with E-state index in [2.05, 4.69) is 50.0 Å². The fourth-order valence-corrected chi connectivity index (χ4v) is 5.40. The number of aryl methyl sites for hydroxylation is 3. The smallest absolute Gasteiger partial charge is 0.433 e. The molecule has 8 heteroatoms. The fraction of sp³-hybridized carbons (Fsp3) is 0.0952. The largest absolute Gasteiger partial charge is 0.497 e. The molecular formula is C42H33N3O5. The maximum Gasteiger partial charge on any atom is 0.433 e. The van der Waals surface area contributed by atoms with Gasteiger partial charge in [0.15, 0.2) is 0 Å². The summed E-state index contributed by atoms with van der Waals surface area (Å²) < 4.78 is 12.1. The average Bonchev–Trinajstić information content (AvgIpc) is 3.61. The van der Waals surface area contributed by atoms with Crippen molar-refractivity contribution < 1.29 is 14.1 Å². The van der Waals surface area contributed by atoms with Gasteiger partial charge in [0.1, 0.15) is 22.3 Å². The van der Waals surface area contributed by atoms with Crippen LogP contribution >= 0.6 is 0 Å². The van der Waals surface area contributed by atoms with Crippen LogP contribution in [0.4, 0.5) is 5.88 Å². The molecule has 0 aliphatic carbocycles. The lowest BCUT2D eigenvalue weighted by Crippen LogP contribution is -2.23. The second kappa shape index (κ2) is 14.6. The second-order valence-corrected chi connectivity index (χ2v) is 11.7. The maximum atomic E-state index is 13.7. The number of hydrogen-bond acceptors (Lipinski definition) is 6. The van der Waals surface area contributed by atoms with Gasteiger partial charge >= 0.3 is 5.88 Å². The third kappa shape index (κ3) is 7.38. The molecule has 0 spiro atoms. The standard InChI is InChI=1S/C34H23N3O5.C8H10/c1-22-19-23(7-8-24-9-11-26-21-28(41-2)13-12-25(26)20-24)10-16-31(22)36-32(17-14-27-15-18-33(42-27)37(39)40)35-30-6-4-3-5-29(30)34(36)38;1-7-5-3-4-6-8(7)2/h3-6,9-21H,1-2H3;3-6H,1-2H3/b17-14+;. The van der Waals surface area contributed by atoms with E-state index in [1.807, 2.05) is 67.6 Å². The molecule has 0 amide bonds. The van der Waals surface area contributed by atoms with Gasteiger partial charge < -0.3 is 9.15 Å². The van der Waals surface area contributed by atoms with Gasteiger partial charge in [-0.3, -0.25) is 19.5 Å². The molecule has 0 aliphatic heterocycles. The van der Waals surface area contributed by atoms with Crippen LogP contribution < -0.4 is 10.3 Å². The van der Waals surface area contributed by atoms with E-state index in [1.165, 1.54) is 27.8 Å². The van der Waals surface area contributed by atoms with Crippen LogP contribution in [-0.4, -0.2) is 21.6 Å². The van der Waals surface area contributed by atoms with E-state index >= 15 is 0 Å². The Hall–Kier alpha value is -6.72. The van der Waals surface area contributed by atoms with Crippen LogP contribution in [0.25, 0.3) is 39.5 Å². The number of furan rings is 1. The zero-order valence-corrected chi connectivity index (χ0v) is 28.0. The molecule has 0 saturated carbocycles. The van der Waals surface area contributed by atoms with Crippen molar-refractivity contribution >= 4 is 39.7 Å². The van der Waals surface area contributed by atoms with Crippen LogP contribution in [0.3, 0.4) is 0 Å². The van der Waals surface area contributed by atoms with Gasteiger partial charge in [-0.2, -0.15) is 0 Å². The Bertz CT molecular complexity index is 2510. The first-order valence-electron chi connectivity index (χ1n) is 15.9. The van der Waals surface area contributed by atoms with Gasteiger partial charge in [0, 0.05) is 11.1 Å². The van der Waals surface area contributed by atoms with Crippen LogP contribution in [0.1, 0.15) is 39.4 Å². The van der Waals surface area contributed by atoms with Gasteiger partial charge in [0.05, 0.1) is 29.8 Å². The first-order valence-corrected chi connectivity index (χ1v) is 15.9. The molecule has 0 atom stereocenters. The summed E-state index contributed by atoms with van der Waals surface area (Å²) in [6.45, 7) is 6.15. The first-order chi connectivity index (χ1) is 24.2. The van der Waals surface area contributed by atoms with Crippen molar-refractivity contribution in [2.75, 3.05) is 7.11 Å². The number of aromatic nitrogens is 2. The summed E-state index contributed by atoms with van der Waals surface area (Å²) in [6.07, 6.45) is 3.16. The van der Waals surface area contributed by atoms with E-state index in [0.717, 1.165) is 33.2 Å². The third-order valence-electron chi connectivity index (χ3n) is 8.25. The molecule has 2 heterocycles. The summed E-state index contributed by atoms with van der Waals surface area (Å²) in [7, 11) is 1.65. The lowest BCUT2D eigenvalue weighted by Gasteiger charge is -2.14. The summed E-state index contributed by atoms with van der Waals surface area (Å²) in [6, 6.07) is 35.8. The fourth-order valence-electron chi connectivity index (χ4n) is 5.40. The van der Waals surface area contributed by atoms with Crippen molar-refractivity contribution in [1.29, 1.82) is 0 Å². The topological polar surface area (TPSA) is 100 Å². The van der Waals surface area contributed by atoms with Crippen molar-refractivity contribution in [1.82, 2.24) is 9.55 Å². The normalized spacial score (nSPS) is 10.8. The van der Waals surface area contributed by atoms with E-state index in [-0.39, 0.29) is 17.2 Å². The maximum absolute atomic E-state index is 13.7. The monoisotopic (exact) mass is 659 g/mol. The van der Waals surface area contributed by atoms with E-state index in [0.29, 0.717) is 22.4 Å². The molecule has 5 aromatic carbocycles. The predicted molar refractivity (Wildman–Crippen MR) is 199 cm³/mol. The zero-order chi connectivity index (χ0) is 35.2. The highest BCUT2D eigenvalue weighted by atomic mass is 16.6. The van der Waals surface area contributed by atoms with E-state index in [9.17, 15) is 14.9 Å². The molecule has 0 radical (unpaired) electrons. The lowest BCUT2D eigenvalue weighted by atomic mass is 10.1. The van der Waals surface area contributed by atoms with Crippen LogP contribution in [0.15, 0.2) is 124 Å². The van der Waals surface area contributed by atoms with Crippen molar-refractivity contribution in [2.24, 2.45) is 0 Å². The number of ether oxygens (including phenoxy) is 1. The Labute approximate surface area is 289 Å². The molecule has 0 N–H and O–H groups in total. The molecule has 246 valence electrons. The Morgan fingerprint density at radius 1 is 0.760 bits per heavy atom. The van der Waals surface area contributed by atoms with E-state index in [1.54, 1.807) is 37.5 Å². The lowest BCUT2D eigenvalue weighted by molar-refractivity contribution is -0.402. The number of benzene rings is 5. The second-order valence-electron chi connectivity index (χ2n) is 11.7. The van der Waals surface area contributed by atoms with E-state index < -0.39 is 4.92 Å². The number of methoxy groups -OCH3 is 1. The number of nitro groups is 1. The van der Waals surface area contributed by atoms with Gasteiger partial charge in [-0.05, 0) is 121 Å². The molecule has 0 aliphatic rings. The van der Waals surface area contributed by atoms with Gasteiger partial charge in [-0.15, -0.1) is 0 Å². The Balaban J connectivity index is 0.000000477. The van der Waals surface area contributed by atoms with Gasteiger partial charge in [-0.25, -0.2) is 4.98 Å². The van der Waals surface area contributed by atoms with Gasteiger partial charge in [0.25, 0.3) is 5.56 Å². The van der Waals surface area contributed by atoms with Crippen molar-refractivity contribution in [2.45, 2.75) is 20.8 Å². The molecule has 8 nitrogen and oxygen atoms in total. The Kier molecular flexibility index (Phi) is 9.68.